The molecule has 2 aromatic carbocycles. The van der Waals surface area contributed by atoms with E-state index in [2.05, 4.69) is 0 Å². The summed E-state index contributed by atoms with van der Waals surface area (Å²) in [5.74, 6) is 0.521. The van der Waals surface area contributed by atoms with Gasteiger partial charge in [-0.25, -0.2) is 4.39 Å². The summed E-state index contributed by atoms with van der Waals surface area (Å²) < 4.78 is 18.8. The van der Waals surface area contributed by atoms with E-state index in [-0.39, 0.29) is 24.4 Å². The van der Waals surface area contributed by atoms with Gasteiger partial charge in [-0.05, 0) is 55.5 Å². The Hall–Kier alpha value is -2.40. The molecule has 5 heteroatoms. The van der Waals surface area contributed by atoms with Crippen LogP contribution in [0.5, 0.6) is 5.75 Å². The Bertz CT molecular complexity index is 763. The third-order valence-corrected chi connectivity index (χ3v) is 4.86. The van der Waals surface area contributed by atoms with Gasteiger partial charge >= 0.3 is 0 Å². The molecule has 1 aliphatic rings. The fourth-order valence-electron chi connectivity index (χ4n) is 3.32. The summed E-state index contributed by atoms with van der Waals surface area (Å²) in [7, 11) is 0. The van der Waals surface area contributed by atoms with Crippen molar-refractivity contribution in [1.29, 1.82) is 0 Å². The largest absolute Gasteiger partial charge is 0.489 e. The number of nitrogens with two attached hydrogens (primary N) is 1. The number of hydrogen-bond donors (Lipinski definition) is 1. The molecule has 0 aliphatic carbocycles. The van der Waals surface area contributed by atoms with Crippen molar-refractivity contribution in [3.05, 3.63) is 65.5 Å². The van der Waals surface area contributed by atoms with E-state index in [9.17, 15) is 9.18 Å². The average Bonchev–Trinajstić information content (AvgIpc) is 2.66. The topological polar surface area (TPSA) is 55.6 Å². The number of amides is 1. The zero-order chi connectivity index (χ0) is 18.5. The average molecular weight is 356 g/mol. The predicted octanol–water partition coefficient (Wildman–Crippen LogP) is 3.60. The first-order valence-corrected chi connectivity index (χ1v) is 9.05. The second kappa shape index (κ2) is 8.32. The lowest BCUT2D eigenvalue weighted by atomic mass is 9.92. The lowest BCUT2D eigenvalue weighted by Crippen LogP contribution is -2.45. The minimum atomic E-state index is -0.333. The van der Waals surface area contributed by atoms with Gasteiger partial charge in [0.2, 0.25) is 0 Å². The Morgan fingerprint density at radius 1 is 1.31 bits per heavy atom. The van der Waals surface area contributed by atoms with Gasteiger partial charge in [0.25, 0.3) is 5.91 Å². The van der Waals surface area contributed by atoms with Crippen molar-refractivity contribution in [2.24, 2.45) is 11.7 Å². The molecule has 3 rings (SSSR count). The summed E-state index contributed by atoms with van der Waals surface area (Å²) in [6, 6.07) is 13.5. The maximum absolute atomic E-state index is 13.2. The molecule has 1 fully saturated rings. The van der Waals surface area contributed by atoms with E-state index in [1.807, 2.05) is 36.1 Å². The van der Waals surface area contributed by atoms with Crippen LogP contribution in [0.15, 0.2) is 48.5 Å². The van der Waals surface area contributed by atoms with Crippen LogP contribution in [0.2, 0.25) is 0 Å². The third kappa shape index (κ3) is 4.61. The predicted molar refractivity (Wildman–Crippen MR) is 99.5 cm³/mol. The molecule has 0 aromatic heterocycles. The zero-order valence-corrected chi connectivity index (χ0v) is 15.0. The summed E-state index contributed by atoms with van der Waals surface area (Å²) in [5.41, 5.74) is 7.54. The molecule has 2 atom stereocenters. The number of carbonyl (C=O) groups is 1. The van der Waals surface area contributed by atoms with Gasteiger partial charge in [0.15, 0.2) is 0 Å². The van der Waals surface area contributed by atoms with E-state index in [0.29, 0.717) is 23.8 Å². The quantitative estimate of drug-likeness (QED) is 0.890. The highest BCUT2D eigenvalue weighted by molar-refractivity contribution is 5.94. The lowest BCUT2D eigenvalue weighted by molar-refractivity contribution is 0.0661. The normalized spacial score (nSPS) is 18.4. The van der Waals surface area contributed by atoms with E-state index in [1.54, 1.807) is 12.1 Å². The molecule has 0 radical (unpaired) electrons. The van der Waals surface area contributed by atoms with Crippen LogP contribution in [0.25, 0.3) is 0 Å². The van der Waals surface area contributed by atoms with Crippen molar-refractivity contribution >= 4 is 5.91 Å². The third-order valence-electron chi connectivity index (χ3n) is 4.86. The molecule has 0 unspecified atom stereocenters. The van der Waals surface area contributed by atoms with Crippen molar-refractivity contribution < 1.29 is 13.9 Å². The molecule has 0 bridgehead atoms. The highest BCUT2D eigenvalue weighted by atomic mass is 19.1. The number of nitrogens with zero attached hydrogens (tertiary/aromatic N) is 1. The number of carbonyl (C=O) groups excluding carboxylic acids is 1. The molecule has 4 nitrogen and oxygen atoms in total. The first-order chi connectivity index (χ1) is 12.5. The van der Waals surface area contributed by atoms with Crippen molar-refractivity contribution in [1.82, 2.24) is 4.90 Å². The van der Waals surface area contributed by atoms with Gasteiger partial charge in [-0.2, -0.15) is 0 Å². The zero-order valence-electron chi connectivity index (χ0n) is 15.0. The number of hydrogen-bond acceptors (Lipinski definition) is 3. The minimum absolute atomic E-state index is 0.0305. The smallest absolute Gasteiger partial charge is 0.253 e. The molecule has 0 saturated carbocycles. The first-order valence-electron chi connectivity index (χ1n) is 9.05. The van der Waals surface area contributed by atoms with Crippen LogP contribution in [0.4, 0.5) is 4.39 Å². The second-order valence-electron chi connectivity index (χ2n) is 6.96. The second-order valence-corrected chi connectivity index (χ2v) is 6.96. The summed E-state index contributed by atoms with van der Waals surface area (Å²) in [6.07, 6.45) is 2.06. The fraction of sp³-hybridized carbons (Fsp3) is 0.381. The van der Waals surface area contributed by atoms with Crippen LogP contribution in [0.3, 0.4) is 0 Å². The number of halogens is 1. The van der Waals surface area contributed by atoms with Gasteiger partial charge in [0.1, 0.15) is 18.2 Å². The number of rotatable bonds is 5. The van der Waals surface area contributed by atoms with Crippen molar-refractivity contribution in [2.45, 2.75) is 32.4 Å². The summed E-state index contributed by atoms with van der Waals surface area (Å²) in [4.78, 5) is 14.7. The molecular weight excluding hydrogens is 331 g/mol. The molecule has 0 spiro atoms. The highest BCUT2D eigenvalue weighted by Gasteiger charge is 2.26. The molecule has 1 saturated heterocycles. The van der Waals surface area contributed by atoms with E-state index in [0.717, 1.165) is 24.9 Å². The number of benzene rings is 2. The van der Waals surface area contributed by atoms with Gasteiger partial charge in [0, 0.05) is 30.8 Å². The van der Waals surface area contributed by atoms with Crippen LogP contribution in [0.1, 0.15) is 35.7 Å². The van der Waals surface area contributed by atoms with Gasteiger partial charge < -0.3 is 15.4 Å². The Balaban J connectivity index is 1.65. The maximum Gasteiger partial charge on any atom is 0.253 e. The van der Waals surface area contributed by atoms with Gasteiger partial charge in [-0.3, -0.25) is 4.79 Å². The lowest BCUT2D eigenvalue weighted by Gasteiger charge is -2.34. The van der Waals surface area contributed by atoms with Gasteiger partial charge in [-0.15, -0.1) is 0 Å². The summed E-state index contributed by atoms with van der Waals surface area (Å²) >= 11 is 0. The van der Waals surface area contributed by atoms with Crippen molar-refractivity contribution in [2.75, 3.05) is 13.1 Å². The van der Waals surface area contributed by atoms with Gasteiger partial charge in [-0.1, -0.05) is 18.2 Å². The Kier molecular flexibility index (Phi) is 5.89. The first kappa shape index (κ1) is 18.4. The maximum atomic E-state index is 13.2. The van der Waals surface area contributed by atoms with E-state index < -0.39 is 0 Å². The summed E-state index contributed by atoms with van der Waals surface area (Å²) in [5, 5.41) is 0. The van der Waals surface area contributed by atoms with E-state index in [1.165, 1.54) is 12.1 Å². The van der Waals surface area contributed by atoms with Crippen molar-refractivity contribution in [3.63, 3.8) is 0 Å². The van der Waals surface area contributed by atoms with Crippen LogP contribution in [0, 0.1) is 11.7 Å². The number of ether oxygens (including phenoxy) is 1. The molecule has 138 valence electrons. The van der Waals surface area contributed by atoms with Crippen LogP contribution < -0.4 is 10.5 Å². The standard InChI is InChI=1S/C21H25FN2O2/c1-15(23)18-7-4-10-24(13-18)21(25)17-6-2-5-16(11-17)14-26-20-9-3-8-19(22)12-20/h2-3,5-6,8-9,11-12,15,18H,4,7,10,13-14,23H2,1H3/t15-,18-/m0/s1. The number of likely N-dealkylation sites (tertiary alicyclic amines) is 1. The molecular formula is C21H25FN2O2. The highest BCUT2D eigenvalue weighted by Crippen LogP contribution is 2.21. The molecule has 26 heavy (non-hydrogen) atoms. The van der Waals surface area contributed by atoms with E-state index >= 15 is 0 Å². The van der Waals surface area contributed by atoms with Crippen LogP contribution in [-0.4, -0.2) is 29.9 Å². The molecule has 2 N–H and O–H groups in total. The molecule has 1 heterocycles. The number of piperidine rings is 1. The summed E-state index contributed by atoms with van der Waals surface area (Å²) in [6.45, 7) is 3.77. The fourth-order valence-corrected chi connectivity index (χ4v) is 3.32. The monoisotopic (exact) mass is 356 g/mol. The Labute approximate surface area is 153 Å². The Morgan fingerprint density at radius 2 is 2.12 bits per heavy atom. The molecule has 2 aromatic rings. The SMILES string of the molecule is C[C@H](N)[C@H]1CCCN(C(=O)c2cccc(COc3cccc(F)c3)c2)C1. The molecule has 1 amide bonds. The van der Waals surface area contributed by atoms with E-state index in [4.69, 9.17) is 10.5 Å². The Morgan fingerprint density at radius 3 is 2.88 bits per heavy atom. The molecule has 1 aliphatic heterocycles. The minimum Gasteiger partial charge on any atom is -0.489 e. The van der Waals surface area contributed by atoms with Crippen LogP contribution in [-0.2, 0) is 6.61 Å². The van der Waals surface area contributed by atoms with Crippen LogP contribution >= 0.6 is 0 Å². The van der Waals surface area contributed by atoms with Crippen molar-refractivity contribution in [3.8, 4) is 5.75 Å². The van der Waals surface area contributed by atoms with Gasteiger partial charge in [0.05, 0.1) is 0 Å².